The third kappa shape index (κ3) is 6.54. The molecule has 0 aliphatic carbocycles. The summed E-state index contributed by atoms with van der Waals surface area (Å²) in [6, 6.07) is 23.0. The number of hydrogen-bond acceptors (Lipinski definition) is 7. The van der Waals surface area contributed by atoms with Crippen LogP contribution in [-0.4, -0.2) is 38.3 Å². The fourth-order valence-electron chi connectivity index (χ4n) is 3.26. The molecule has 10 heteroatoms. The number of carbonyl (C=O) groups excluding carboxylic acids is 2. The molecule has 2 amide bonds. The number of rotatable bonds is 9. The number of amides is 2. The molecule has 37 heavy (non-hydrogen) atoms. The number of para-hydroxylation sites is 1. The van der Waals surface area contributed by atoms with Gasteiger partial charge in [-0.05, 0) is 61.1 Å². The molecule has 1 aliphatic heterocycles. The number of aliphatic carboxylic acids is 1. The third-order valence-electron chi connectivity index (χ3n) is 5.23. The number of thioether (sulfide) groups is 1. The van der Waals surface area contributed by atoms with E-state index in [2.05, 4.69) is 5.43 Å². The van der Waals surface area contributed by atoms with Crippen molar-refractivity contribution in [3.05, 3.63) is 100 Å². The first-order valence-electron chi connectivity index (χ1n) is 11.2. The molecule has 3 aromatic rings. The van der Waals surface area contributed by atoms with Crippen LogP contribution in [0.4, 0.5) is 0 Å². The van der Waals surface area contributed by atoms with Crippen LogP contribution in [0.5, 0.6) is 11.5 Å². The molecule has 8 nitrogen and oxygen atoms in total. The normalized spacial score (nSPS) is 14.9. The number of carboxylic acids is 1. The lowest BCUT2D eigenvalue weighted by molar-refractivity contribution is -0.144. The summed E-state index contributed by atoms with van der Waals surface area (Å²) < 4.78 is 11.4. The van der Waals surface area contributed by atoms with Gasteiger partial charge in [-0.25, -0.2) is 4.79 Å². The van der Waals surface area contributed by atoms with Crippen LogP contribution in [0.3, 0.4) is 0 Å². The SMILES string of the molecule is CC(Oc1ccccc1/C=C1/SC(=S)N(NC(=O)c2ccc(OCc3ccccc3)cc2)C1=O)C(=O)O. The van der Waals surface area contributed by atoms with Gasteiger partial charge in [0, 0.05) is 11.1 Å². The highest BCUT2D eigenvalue weighted by Crippen LogP contribution is 2.33. The minimum atomic E-state index is -1.11. The maximum absolute atomic E-state index is 13.0. The Morgan fingerprint density at radius 1 is 1.05 bits per heavy atom. The van der Waals surface area contributed by atoms with Gasteiger partial charge in [-0.15, -0.1) is 0 Å². The van der Waals surface area contributed by atoms with Crippen LogP contribution in [0.2, 0.25) is 0 Å². The Morgan fingerprint density at radius 2 is 1.73 bits per heavy atom. The number of carboxylic acid groups (broad SMARTS) is 1. The summed E-state index contributed by atoms with van der Waals surface area (Å²) >= 11 is 6.32. The molecule has 1 aliphatic rings. The van der Waals surface area contributed by atoms with E-state index in [0.29, 0.717) is 29.2 Å². The first kappa shape index (κ1) is 25.9. The zero-order valence-corrected chi connectivity index (χ0v) is 21.3. The van der Waals surface area contributed by atoms with Crippen LogP contribution in [0.15, 0.2) is 83.8 Å². The summed E-state index contributed by atoms with van der Waals surface area (Å²) in [4.78, 5) is 37.2. The van der Waals surface area contributed by atoms with Crippen molar-refractivity contribution >= 4 is 52.2 Å². The molecule has 0 saturated carbocycles. The first-order chi connectivity index (χ1) is 17.8. The highest BCUT2D eigenvalue weighted by Gasteiger charge is 2.34. The second-order valence-corrected chi connectivity index (χ2v) is 9.57. The molecule has 1 unspecified atom stereocenters. The van der Waals surface area contributed by atoms with E-state index < -0.39 is 23.9 Å². The Morgan fingerprint density at radius 3 is 2.43 bits per heavy atom. The van der Waals surface area contributed by atoms with Gasteiger partial charge in [-0.2, -0.15) is 5.01 Å². The molecule has 0 aromatic heterocycles. The molecular formula is C27H22N2O6S2. The van der Waals surface area contributed by atoms with Gasteiger partial charge in [0.2, 0.25) is 0 Å². The Kier molecular flexibility index (Phi) is 8.22. The molecule has 1 fully saturated rings. The van der Waals surface area contributed by atoms with Gasteiger partial charge in [0.25, 0.3) is 11.8 Å². The monoisotopic (exact) mass is 534 g/mol. The zero-order valence-electron chi connectivity index (χ0n) is 19.6. The molecular weight excluding hydrogens is 512 g/mol. The quantitative estimate of drug-likeness (QED) is 0.302. The number of hydrogen-bond donors (Lipinski definition) is 2. The molecule has 0 radical (unpaired) electrons. The van der Waals surface area contributed by atoms with Crippen molar-refractivity contribution in [3.63, 3.8) is 0 Å². The van der Waals surface area contributed by atoms with Crippen molar-refractivity contribution in [2.45, 2.75) is 19.6 Å². The van der Waals surface area contributed by atoms with Gasteiger partial charge < -0.3 is 14.6 Å². The number of nitrogens with one attached hydrogen (secondary N) is 1. The van der Waals surface area contributed by atoms with E-state index in [0.717, 1.165) is 22.3 Å². The molecule has 3 aromatic carbocycles. The summed E-state index contributed by atoms with van der Waals surface area (Å²) in [5.74, 6) is -1.22. The van der Waals surface area contributed by atoms with Gasteiger partial charge in [-0.3, -0.25) is 15.0 Å². The summed E-state index contributed by atoms with van der Waals surface area (Å²) in [6.07, 6.45) is 0.479. The first-order valence-corrected chi connectivity index (χ1v) is 12.4. The van der Waals surface area contributed by atoms with E-state index in [-0.39, 0.29) is 9.23 Å². The lowest BCUT2D eigenvalue weighted by Crippen LogP contribution is -2.44. The Balaban J connectivity index is 1.41. The molecule has 188 valence electrons. The van der Waals surface area contributed by atoms with E-state index in [4.69, 9.17) is 26.8 Å². The van der Waals surface area contributed by atoms with Crippen LogP contribution >= 0.6 is 24.0 Å². The highest BCUT2D eigenvalue weighted by atomic mass is 32.2. The van der Waals surface area contributed by atoms with Crippen molar-refractivity contribution in [1.29, 1.82) is 0 Å². The predicted molar refractivity (Wildman–Crippen MR) is 144 cm³/mol. The van der Waals surface area contributed by atoms with E-state index in [1.165, 1.54) is 6.92 Å². The Bertz CT molecular complexity index is 1360. The molecule has 0 bridgehead atoms. The van der Waals surface area contributed by atoms with Crippen LogP contribution in [0, 0.1) is 0 Å². The van der Waals surface area contributed by atoms with Gasteiger partial charge in [0.1, 0.15) is 18.1 Å². The maximum Gasteiger partial charge on any atom is 0.344 e. The molecule has 1 atom stereocenters. The lowest BCUT2D eigenvalue weighted by Gasteiger charge is -2.16. The van der Waals surface area contributed by atoms with Gasteiger partial charge in [0.15, 0.2) is 10.4 Å². The van der Waals surface area contributed by atoms with Crippen LogP contribution < -0.4 is 14.9 Å². The standard InChI is InChI=1S/C27H22N2O6S2/c1-17(26(32)33)35-22-10-6-5-9-20(22)15-23-25(31)29(27(36)37-23)28-24(30)19-11-13-21(14-12-19)34-16-18-7-3-2-4-8-18/h2-15,17H,16H2,1H3,(H,28,30)(H,32,33)/b23-15+. The number of carbonyl (C=O) groups is 3. The Labute approximate surface area is 222 Å². The van der Waals surface area contributed by atoms with Crippen LogP contribution in [0.25, 0.3) is 6.08 Å². The number of nitrogens with zero attached hydrogens (tertiary/aromatic N) is 1. The second kappa shape index (κ2) is 11.7. The Hall–Kier alpha value is -4.15. The average Bonchev–Trinajstić information content (AvgIpc) is 3.16. The van der Waals surface area contributed by atoms with Gasteiger partial charge in [-0.1, -0.05) is 60.3 Å². The van der Waals surface area contributed by atoms with Crippen LogP contribution in [0.1, 0.15) is 28.4 Å². The number of hydrazine groups is 1. The molecule has 0 spiro atoms. The van der Waals surface area contributed by atoms with Gasteiger partial charge >= 0.3 is 5.97 Å². The minimum Gasteiger partial charge on any atom is -0.489 e. The summed E-state index contributed by atoms with van der Waals surface area (Å²) in [6.45, 7) is 1.81. The van der Waals surface area contributed by atoms with Crippen molar-refractivity contribution in [2.24, 2.45) is 0 Å². The number of ether oxygens (including phenoxy) is 2. The van der Waals surface area contributed by atoms with E-state index in [9.17, 15) is 14.4 Å². The highest BCUT2D eigenvalue weighted by molar-refractivity contribution is 8.26. The summed E-state index contributed by atoms with van der Waals surface area (Å²) in [5.41, 5.74) is 4.40. The smallest absolute Gasteiger partial charge is 0.344 e. The van der Waals surface area contributed by atoms with E-state index >= 15 is 0 Å². The number of thiocarbonyl (C=S) groups is 1. The zero-order chi connectivity index (χ0) is 26.4. The predicted octanol–water partition coefficient (Wildman–Crippen LogP) is 4.66. The largest absolute Gasteiger partial charge is 0.489 e. The van der Waals surface area contributed by atoms with Crippen molar-refractivity contribution in [3.8, 4) is 11.5 Å². The molecule has 1 saturated heterocycles. The van der Waals surface area contributed by atoms with Crippen molar-refractivity contribution in [2.75, 3.05) is 0 Å². The van der Waals surface area contributed by atoms with E-state index in [1.54, 1.807) is 54.6 Å². The molecule has 4 rings (SSSR count). The summed E-state index contributed by atoms with van der Waals surface area (Å²) in [5, 5.41) is 10.1. The van der Waals surface area contributed by atoms with E-state index in [1.807, 2.05) is 30.3 Å². The van der Waals surface area contributed by atoms with Crippen molar-refractivity contribution < 1.29 is 29.0 Å². The fraction of sp³-hybridized carbons (Fsp3) is 0.111. The average molecular weight is 535 g/mol. The molecule has 2 N–H and O–H groups in total. The number of benzene rings is 3. The molecule has 1 heterocycles. The lowest BCUT2D eigenvalue weighted by atomic mass is 10.2. The topological polar surface area (TPSA) is 105 Å². The fourth-order valence-corrected chi connectivity index (χ4v) is 4.43. The summed E-state index contributed by atoms with van der Waals surface area (Å²) in [7, 11) is 0. The second-order valence-electron chi connectivity index (χ2n) is 7.89. The minimum absolute atomic E-state index is 0.157. The third-order valence-corrected chi connectivity index (χ3v) is 6.53. The maximum atomic E-state index is 13.0. The van der Waals surface area contributed by atoms with Crippen molar-refractivity contribution in [1.82, 2.24) is 10.4 Å². The van der Waals surface area contributed by atoms with Gasteiger partial charge in [0.05, 0.1) is 4.91 Å². The van der Waals surface area contributed by atoms with Crippen LogP contribution in [-0.2, 0) is 16.2 Å².